The quantitative estimate of drug-likeness (QED) is 0.174. The summed E-state index contributed by atoms with van der Waals surface area (Å²) in [6, 6.07) is 6.59. The number of pyridine rings is 1. The number of hydrogen-bond acceptors (Lipinski definition) is 8. The molecule has 4 N–H and O–H groups in total. The number of nitrogens with one attached hydrogen (secondary N) is 2. The van der Waals surface area contributed by atoms with Gasteiger partial charge in [-0.2, -0.15) is 40.6 Å². The summed E-state index contributed by atoms with van der Waals surface area (Å²) in [5.41, 5.74) is 6.24. The van der Waals surface area contributed by atoms with E-state index in [2.05, 4.69) is 36.1 Å². The van der Waals surface area contributed by atoms with Crippen molar-refractivity contribution >= 4 is 34.8 Å². The number of hydrogen-bond donors (Lipinski definition) is 3. The molecule has 0 aliphatic carbocycles. The number of nitrogens with zero attached hydrogens (tertiary/aromatic N) is 7. The van der Waals surface area contributed by atoms with Gasteiger partial charge in [0.05, 0.1) is 22.0 Å². The number of nitrogens with two attached hydrogens (primary N) is 1. The van der Waals surface area contributed by atoms with E-state index < -0.39 is 42.2 Å². The van der Waals surface area contributed by atoms with Gasteiger partial charge in [-0.1, -0.05) is 11.6 Å². The highest BCUT2D eigenvalue weighted by atomic mass is 35.5. The molecule has 0 unspecified atom stereocenters. The van der Waals surface area contributed by atoms with Crippen LogP contribution in [0.5, 0.6) is 0 Å². The van der Waals surface area contributed by atoms with E-state index in [0.717, 1.165) is 10.7 Å². The molecule has 0 aliphatic heterocycles. The van der Waals surface area contributed by atoms with Gasteiger partial charge in [-0.25, -0.2) is 9.67 Å². The minimum Gasteiger partial charge on any atom is -0.399 e. The van der Waals surface area contributed by atoms with Crippen molar-refractivity contribution in [3.63, 3.8) is 0 Å². The molecule has 0 radical (unpaired) electrons. The molecule has 0 atom stereocenters. The lowest BCUT2D eigenvalue weighted by Crippen LogP contribution is -2.50. The number of anilines is 2. The Hall–Kier alpha value is -4.81. The minimum atomic E-state index is -6.61. The van der Waals surface area contributed by atoms with Crippen LogP contribution >= 0.6 is 11.6 Å². The Balaban J connectivity index is 1.73. The van der Waals surface area contributed by atoms with Gasteiger partial charge < -0.3 is 16.4 Å². The predicted octanol–water partition coefficient (Wildman–Crippen LogP) is 4.53. The van der Waals surface area contributed by atoms with Crippen LogP contribution in [0.4, 0.5) is 42.1 Å². The summed E-state index contributed by atoms with van der Waals surface area (Å²) in [7, 11) is 0. The van der Waals surface area contributed by atoms with Crippen molar-refractivity contribution in [3.8, 4) is 5.82 Å². The standard InChI is InChI=1S/C25H22ClF7N10O2/c1-11(2)36-20(44)15-8-13(34)7-12(3)18(15)37-21(45)17-9-14(39-43(17)19-16(26)5-4-6-35-19)10-42-40-22(38-41-42)23(27,28)24(29,30)25(31,32)33/h4-9,11H,10,34H2,1-3H3,(H,36,44)(H,37,45). The van der Waals surface area contributed by atoms with Crippen molar-refractivity contribution < 1.29 is 40.3 Å². The van der Waals surface area contributed by atoms with Gasteiger partial charge in [0, 0.05) is 17.9 Å². The topological polar surface area (TPSA) is 159 Å². The van der Waals surface area contributed by atoms with Crippen LogP contribution in [-0.4, -0.2) is 64.9 Å². The van der Waals surface area contributed by atoms with Crippen LogP contribution in [0.2, 0.25) is 5.02 Å². The summed E-state index contributed by atoms with van der Waals surface area (Å²) in [5.74, 6) is -16.0. The summed E-state index contributed by atoms with van der Waals surface area (Å²) >= 11 is 6.25. The number of nitrogen functional groups attached to an aromatic ring is 1. The molecule has 0 fully saturated rings. The molecule has 3 heterocycles. The van der Waals surface area contributed by atoms with Crippen LogP contribution in [0.15, 0.2) is 36.5 Å². The molecule has 0 saturated heterocycles. The molecular formula is C25H22ClF7N10O2. The molecule has 0 spiro atoms. The average Bonchev–Trinajstić information content (AvgIpc) is 3.57. The normalized spacial score (nSPS) is 12.4. The molecule has 3 aromatic heterocycles. The maximum Gasteiger partial charge on any atom is 0.460 e. The number of tetrazole rings is 1. The number of benzene rings is 1. The van der Waals surface area contributed by atoms with Gasteiger partial charge in [0.15, 0.2) is 5.82 Å². The number of aryl methyl sites for hydroxylation is 1. The number of alkyl halides is 7. The Bertz CT molecular complexity index is 1750. The first-order valence-corrected chi connectivity index (χ1v) is 13.0. The van der Waals surface area contributed by atoms with Crippen LogP contribution in [0.1, 0.15) is 51.8 Å². The van der Waals surface area contributed by atoms with Crippen LogP contribution in [0.3, 0.4) is 0 Å². The number of rotatable bonds is 9. The molecule has 1 aromatic carbocycles. The van der Waals surface area contributed by atoms with Crippen LogP contribution in [0, 0.1) is 6.92 Å². The van der Waals surface area contributed by atoms with Crippen LogP contribution in [-0.2, 0) is 12.5 Å². The number of carbonyl (C=O) groups excluding carboxylic acids is 2. The lowest BCUT2D eigenvalue weighted by Gasteiger charge is -2.25. The van der Waals surface area contributed by atoms with Gasteiger partial charge in [0.25, 0.3) is 17.6 Å². The second-order valence-corrected chi connectivity index (χ2v) is 10.3. The van der Waals surface area contributed by atoms with E-state index in [4.69, 9.17) is 17.3 Å². The molecule has 45 heavy (non-hydrogen) atoms. The third-order valence-electron chi connectivity index (χ3n) is 5.98. The lowest BCUT2D eigenvalue weighted by molar-refractivity contribution is -0.361. The van der Waals surface area contributed by atoms with E-state index in [1.54, 1.807) is 20.8 Å². The first kappa shape index (κ1) is 33.1. The Labute approximate surface area is 253 Å². The Morgan fingerprint density at radius 3 is 2.36 bits per heavy atom. The molecule has 4 aromatic rings. The smallest absolute Gasteiger partial charge is 0.399 e. The maximum atomic E-state index is 14.1. The Morgan fingerprint density at radius 1 is 1.04 bits per heavy atom. The highest BCUT2D eigenvalue weighted by molar-refractivity contribution is 6.32. The Morgan fingerprint density at radius 2 is 1.73 bits per heavy atom. The Kier molecular flexibility index (Phi) is 8.78. The monoisotopic (exact) mass is 662 g/mol. The van der Waals surface area contributed by atoms with Gasteiger partial charge in [-0.15, -0.1) is 10.2 Å². The third kappa shape index (κ3) is 6.52. The lowest BCUT2D eigenvalue weighted by atomic mass is 10.0. The van der Waals surface area contributed by atoms with Crippen molar-refractivity contribution in [2.45, 2.75) is 51.4 Å². The number of aromatic nitrogens is 7. The SMILES string of the molecule is Cc1cc(N)cc(C(=O)NC(C)C)c1NC(=O)c1cc(Cn2nnc(C(F)(F)C(F)(F)C(F)(F)F)n2)nn1-c1ncccc1Cl. The molecule has 2 amide bonds. The summed E-state index contributed by atoms with van der Waals surface area (Å²) in [6.45, 7) is 4.31. The third-order valence-corrected chi connectivity index (χ3v) is 6.28. The molecule has 0 saturated carbocycles. The zero-order valence-corrected chi connectivity index (χ0v) is 24.1. The molecular weight excluding hydrogens is 641 g/mol. The summed E-state index contributed by atoms with van der Waals surface area (Å²) in [5, 5.41) is 18.3. The molecule has 0 bridgehead atoms. The minimum absolute atomic E-state index is 0.0112. The fourth-order valence-corrected chi connectivity index (χ4v) is 4.14. The predicted molar refractivity (Wildman–Crippen MR) is 144 cm³/mol. The van der Waals surface area contributed by atoms with Gasteiger partial charge >= 0.3 is 18.0 Å². The summed E-state index contributed by atoms with van der Waals surface area (Å²) < 4.78 is 93.8. The number of amides is 2. The second kappa shape index (κ2) is 11.9. The highest BCUT2D eigenvalue weighted by Crippen LogP contribution is 2.50. The molecule has 20 heteroatoms. The van der Waals surface area contributed by atoms with Crippen LogP contribution in [0.25, 0.3) is 5.82 Å². The maximum absolute atomic E-state index is 14.1. The molecule has 4 rings (SSSR count). The van der Waals surface area contributed by atoms with E-state index in [0.29, 0.717) is 5.56 Å². The van der Waals surface area contributed by atoms with E-state index in [-0.39, 0.29) is 50.0 Å². The number of halogens is 8. The van der Waals surface area contributed by atoms with E-state index in [9.17, 15) is 40.3 Å². The summed E-state index contributed by atoms with van der Waals surface area (Å²) in [6.07, 6.45) is -5.29. The first-order chi connectivity index (χ1) is 20.8. The molecule has 12 nitrogen and oxygen atoms in total. The zero-order chi connectivity index (χ0) is 33.5. The van der Waals surface area contributed by atoms with E-state index >= 15 is 0 Å². The zero-order valence-electron chi connectivity index (χ0n) is 23.3. The fraction of sp³-hybridized carbons (Fsp3) is 0.320. The van der Waals surface area contributed by atoms with E-state index in [1.165, 1.54) is 30.5 Å². The summed E-state index contributed by atoms with van der Waals surface area (Å²) in [4.78, 5) is 30.9. The average molecular weight is 663 g/mol. The first-order valence-electron chi connectivity index (χ1n) is 12.7. The van der Waals surface area contributed by atoms with Gasteiger partial charge in [0.1, 0.15) is 12.2 Å². The molecule has 0 aliphatic rings. The van der Waals surface area contributed by atoms with Crippen molar-refractivity contribution in [1.82, 2.24) is 40.3 Å². The van der Waals surface area contributed by atoms with Crippen molar-refractivity contribution in [1.29, 1.82) is 0 Å². The van der Waals surface area contributed by atoms with Crippen molar-refractivity contribution in [3.05, 3.63) is 69.9 Å². The van der Waals surface area contributed by atoms with E-state index in [1.807, 2.05) is 0 Å². The fourth-order valence-electron chi connectivity index (χ4n) is 3.94. The van der Waals surface area contributed by atoms with Gasteiger partial charge in [0.2, 0.25) is 0 Å². The van der Waals surface area contributed by atoms with Crippen molar-refractivity contribution in [2.24, 2.45) is 0 Å². The van der Waals surface area contributed by atoms with Crippen LogP contribution < -0.4 is 16.4 Å². The number of carbonyl (C=O) groups is 2. The largest absolute Gasteiger partial charge is 0.460 e. The van der Waals surface area contributed by atoms with Gasteiger partial charge in [-0.05, 0) is 61.9 Å². The molecule has 240 valence electrons. The second-order valence-electron chi connectivity index (χ2n) is 9.87. The van der Waals surface area contributed by atoms with Crippen molar-refractivity contribution in [2.75, 3.05) is 11.1 Å². The highest BCUT2D eigenvalue weighted by Gasteiger charge is 2.75. The van der Waals surface area contributed by atoms with Gasteiger partial charge in [-0.3, -0.25) is 9.59 Å².